The van der Waals surface area contributed by atoms with Crippen LogP contribution in [-0.4, -0.2) is 59.0 Å². The maximum absolute atomic E-state index is 13.3. The van der Waals surface area contributed by atoms with Gasteiger partial charge in [0.05, 0.1) is 48.3 Å². The van der Waals surface area contributed by atoms with Gasteiger partial charge in [0.2, 0.25) is 12.1 Å². The van der Waals surface area contributed by atoms with E-state index in [1.807, 2.05) is 12.1 Å². The number of aryl methyl sites for hydroxylation is 2. The van der Waals surface area contributed by atoms with Crippen molar-refractivity contribution in [2.75, 3.05) is 33.0 Å². The number of amides is 4. The molecule has 0 aliphatic carbocycles. The SMILES string of the molecule is CC(=O)C(N=Nc1ccc(Cl)c(C(=O)Nc2cccc(CCCl)c2)c1)C(=O)Nc1cc(Cl)c(NC(=O)C(N=Nc2ccc(Cl)c(C(=O)Nc3cccc(CCCl)c3)c2)C(C)=O)c(Cl)c1. The summed E-state index contributed by atoms with van der Waals surface area (Å²) in [5.41, 5.74) is 3.17. The zero-order valence-electron chi connectivity index (χ0n) is 33.7. The minimum Gasteiger partial charge on any atom is -0.324 e. The molecule has 0 fully saturated rings. The highest BCUT2D eigenvalue weighted by molar-refractivity contribution is 6.40. The van der Waals surface area contributed by atoms with Crippen molar-refractivity contribution in [2.45, 2.75) is 38.8 Å². The second-order valence-corrected chi connectivity index (χ2v) is 16.2. The third-order valence-corrected chi connectivity index (χ3v) is 10.6. The number of alkyl halides is 2. The molecular formula is C44H36Cl6N8O6. The molecule has 14 nitrogen and oxygen atoms in total. The molecule has 4 N–H and O–H groups in total. The highest BCUT2D eigenvalue weighted by atomic mass is 35.5. The fourth-order valence-electron chi connectivity index (χ4n) is 5.78. The lowest BCUT2D eigenvalue weighted by atomic mass is 10.1. The number of hydrogen-bond donors (Lipinski definition) is 4. The zero-order chi connectivity index (χ0) is 46.5. The van der Waals surface area contributed by atoms with Crippen molar-refractivity contribution in [3.63, 3.8) is 0 Å². The molecular weight excluding hydrogens is 949 g/mol. The minimum absolute atomic E-state index is 0.0216. The molecule has 2 unspecified atom stereocenters. The van der Waals surface area contributed by atoms with Crippen molar-refractivity contribution >= 4 is 139 Å². The maximum atomic E-state index is 13.3. The normalized spacial score (nSPS) is 12.1. The van der Waals surface area contributed by atoms with Gasteiger partial charge in [0.25, 0.3) is 23.6 Å². The van der Waals surface area contributed by atoms with E-state index in [1.54, 1.807) is 36.4 Å². The molecule has 4 amide bonds. The van der Waals surface area contributed by atoms with Crippen molar-refractivity contribution < 1.29 is 28.8 Å². The molecule has 0 bridgehead atoms. The Morgan fingerprint density at radius 2 is 0.922 bits per heavy atom. The van der Waals surface area contributed by atoms with Gasteiger partial charge in [-0.15, -0.1) is 23.2 Å². The number of nitrogens with zero attached hydrogens (tertiary/aromatic N) is 4. The van der Waals surface area contributed by atoms with Gasteiger partial charge in [0, 0.05) is 28.8 Å². The largest absolute Gasteiger partial charge is 0.324 e. The number of rotatable bonds is 18. The van der Waals surface area contributed by atoms with E-state index < -0.39 is 47.3 Å². The summed E-state index contributed by atoms with van der Waals surface area (Å²) in [6.45, 7) is 2.26. The highest BCUT2D eigenvalue weighted by Gasteiger charge is 2.27. The van der Waals surface area contributed by atoms with E-state index in [0.717, 1.165) is 25.0 Å². The molecule has 5 aromatic carbocycles. The Morgan fingerprint density at radius 3 is 1.33 bits per heavy atom. The third kappa shape index (κ3) is 13.6. The lowest BCUT2D eigenvalue weighted by Gasteiger charge is -2.15. The fourth-order valence-corrected chi connectivity index (χ4v) is 7.20. The van der Waals surface area contributed by atoms with Crippen LogP contribution in [0.25, 0.3) is 0 Å². The standard InChI is InChI=1S/C44H36Cl6N8O6/c1-23(59)38(57-55-29-9-11-34(47)32(19-29)41(61)51-27-7-3-5-25(17-27)13-15-45)43(63)53-31-21-36(49)40(37(50)22-31)54-44(64)39(24(2)60)58-56-30-10-12-35(48)33(20-30)42(62)52-28-8-4-6-26(18-28)14-16-46/h3-12,17-22,38-39H,13-16H2,1-2H3,(H,51,61)(H,52,62)(H,53,63)(H,54,64). The van der Waals surface area contributed by atoms with E-state index in [-0.39, 0.29) is 54.0 Å². The van der Waals surface area contributed by atoms with Crippen molar-refractivity contribution in [2.24, 2.45) is 20.5 Å². The number of halogens is 6. The van der Waals surface area contributed by atoms with Gasteiger partial charge < -0.3 is 21.3 Å². The number of nitrogens with one attached hydrogen (secondary N) is 4. The molecule has 0 aliphatic heterocycles. The van der Waals surface area contributed by atoms with E-state index in [4.69, 9.17) is 69.6 Å². The fraction of sp³-hybridized carbons (Fsp3) is 0.182. The van der Waals surface area contributed by atoms with Crippen LogP contribution in [0.1, 0.15) is 45.7 Å². The number of hydrogen-bond acceptors (Lipinski definition) is 10. The van der Waals surface area contributed by atoms with Gasteiger partial charge in [-0.1, -0.05) is 70.7 Å². The molecule has 0 radical (unpaired) electrons. The van der Waals surface area contributed by atoms with Crippen LogP contribution in [0.2, 0.25) is 20.1 Å². The molecule has 0 spiro atoms. The van der Waals surface area contributed by atoms with Gasteiger partial charge in [-0.3, -0.25) is 28.8 Å². The Kier molecular flexibility index (Phi) is 17.9. The molecule has 2 atom stereocenters. The summed E-state index contributed by atoms with van der Waals surface area (Å²) < 4.78 is 0. The summed E-state index contributed by atoms with van der Waals surface area (Å²) in [6.07, 6.45) is 1.22. The zero-order valence-corrected chi connectivity index (χ0v) is 38.3. The first-order valence-electron chi connectivity index (χ1n) is 19.0. The molecule has 0 aromatic heterocycles. The van der Waals surface area contributed by atoms with E-state index in [1.165, 1.54) is 48.5 Å². The number of benzene rings is 5. The van der Waals surface area contributed by atoms with Crippen LogP contribution in [0, 0.1) is 0 Å². The number of carbonyl (C=O) groups is 6. The summed E-state index contributed by atoms with van der Waals surface area (Å²) in [5, 5.41) is 26.3. The van der Waals surface area contributed by atoms with Gasteiger partial charge in [-0.25, -0.2) is 0 Å². The van der Waals surface area contributed by atoms with E-state index in [9.17, 15) is 28.8 Å². The minimum atomic E-state index is -1.67. The topological polar surface area (TPSA) is 200 Å². The van der Waals surface area contributed by atoms with Crippen LogP contribution in [0.5, 0.6) is 0 Å². The molecule has 5 rings (SSSR count). The van der Waals surface area contributed by atoms with Gasteiger partial charge >= 0.3 is 0 Å². The van der Waals surface area contributed by atoms with Gasteiger partial charge in [-0.05, 0) is 111 Å². The summed E-state index contributed by atoms with van der Waals surface area (Å²) in [4.78, 5) is 78.0. The number of ketones is 2. The summed E-state index contributed by atoms with van der Waals surface area (Å²) >= 11 is 37.3. The number of Topliss-reactive ketones (excluding diaryl/α,β-unsaturated/α-hetero) is 2. The molecule has 0 saturated heterocycles. The lowest BCUT2D eigenvalue weighted by Crippen LogP contribution is -2.32. The molecule has 0 heterocycles. The predicted octanol–water partition coefficient (Wildman–Crippen LogP) is 11.7. The van der Waals surface area contributed by atoms with Crippen LogP contribution in [0.15, 0.2) is 118 Å². The van der Waals surface area contributed by atoms with Gasteiger partial charge in [0.1, 0.15) is 0 Å². The van der Waals surface area contributed by atoms with Crippen LogP contribution < -0.4 is 21.3 Å². The molecule has 64 heavy (non-hydrogen) atoms. The molecule has 0 saturated carbocycles. The number of azo groups is 2. The van der Waals surface area contributed by atoms with E-state index >= 15 is 0 Å². The molecule has 0 aliphatic rings. The van der Waals surface area contributed by atoms with Crippen LogP contribution >= 0.6 is 69.6 Å². The summed E-state index contributed by atoms with van der Waals surface area (Å²) in [5.74, 6) is -3.45. The average molecular weight is 986 g/mol. The average Bonchev–Trinajstić information content (AvgIpc) is 3.23. The quantitative estimate of drug-likeness (QED) is 0.0382. The lowest BCUT2D eigenvalue weighted by molar-refractivity contribution is -0.127. The Bertz CT molecular complexity index is 2660. The number of carbonyl (C=O) groups excluding carboxylic acids is 6. The molecule has 330 valence electrons. The maximum Gasteiger partial charge on any atom is 0.258 e. The van der Waals surface area contributed by atoms with Crippen LogP contribution in [-0.2, 0) is 32.0 Å². The van der Waals surface area contributed by atoms with Gasteiger partial charge in [-0.2, -0.15) is 20.5 Å². The first-order chi connectivity index (χ1) is 30.6. The Labute approximate surface area is 397 Å². The predicted molar refractivity (Wildman–Crippen MR) is 252 cm³/mol. The van der Waals surface area contributed by atoms with Crippen molar-refractivity contribution in [3.05, 3.63) is 139 Å². The summed E-state index contributed by atoms with van der Waals surface area (Å²) in [7, 11) is 0. The smallest absolute Gasteiger partial charge is 0.258 e. The first kappa shape index (κ1) is 49.3. The van der Waals surface area contributed by atoms with Gasteiger partial charge in [0.15, 0.2) is 11.6 Å². The van der Waals surface area contributed by atoms with Crippen LogP contribution in [0.4, 0.5) is 34.1 Å². The monoisotopic (exact) mass is 982 g/mol. The highest BCUT2D eigenvalue weighted by Crippen LogP contribution is 2.35. The van der Waals surface area contributed by atoms with E-state index in [2.05, 4.69) is 41.7 Å². The Balaban J connectivity index is 1.25. The number of anilines is 4. The first-order valence-corrected chi connectivity index (χ1v) is 21.6. The van der Waals surface area contributed by atoms with E-state index in [0.29, 0.717) is 36.0 Å². The summed E-state index contributed by atoms with van der Waals surface area (Å²) in [6, 6.07) is 21.9. The van der Waals surface area contributed by atoms with Crippen molar-refractivity contribution in [1.82, 2.24) is 0 Å². The van der Waals surface area contributed by atoms with Crippen molar-refractivity contribution in [1.29, 1.82) is 0 Å². The Hall–Kier alpha value is -5.74. The second kappa shape index (κ2) is 23.3. The second-order valence-electron chi connectivity index (χ2n) is 13.8. The van der Waals surface area contributed by atoms with Crippen LogP contribution in [0.3, 0.4) is 0 Å². The Morgan fingerprint density at radius 1 is 0.500 bits per heavy atom. The third-order valence-electron chi connectivity index (χ3n) is 8.93. The molecule has 20 heteroatoms. The van der Waals surface area contributed by atoms with Crippen molar-refractivity contribution in [3.8, 4) is 0 Å². The molecule has 5 aromatic rings.